The average molecular weight is 478 g/mol. The number of ether oxygens (including phenoxy) is 1. The summed E-state index contributed by atoms with van der Waals surface area (Å²) >= 11 is 9.92. The molecule has 4 nitrogen and oxygen atoms in total. The van der Waals surface area contributed by atoms with Gasteiger partial charge in [-0.15, -0.1) is 0 Å². The molecule has 0 fully saturated rings. The van der Waals surface area contributed by atoms with E-state index in [9.17, 15) is 14.7 Å². The van der Waals surface area contributed by atoms with E-state index < -0.39 is 11.9 Å². The van der Waals surface area contributed by atoms with Crippen molar-refractivity contribution in [2.75, 3.05) is 0 Å². The lowest BCUT2D eigenvalue weighted by molar-refractivity contribution is -0.255. The normalized spacial score (nSPS) is 10.2. The van der Waals surface area contributed by atoms with Gasteiger partial charge in [0.1, 0.15) is 5.75 Å². The smallest absolute Gasteiger partial charge is 0.344 e. The SMILES string of the molecule is O=C([O-])c1ccc(OC(=O)c2cc(Br)cc(Br)c2Br)cc1. The fourth-order valence-electron chi connectivity index (χ4n) is 1.53. The fourth-order valence-corrected chi connectivity index (χ4v) is 3.14. The molecule has 0 aliphatic heterocycles. The van der Waals surface area contributed by atoms with Crippen LogP contribution in [0.2, 0.25) is 0 Å². The van der Waals surface area contributed by atoms with Gasteiger partial charge in [0.05, 0.1) is 11.5 Å². The van der Waals surface area contributed by atoms with Crippen molar-refractivity contribution in [2.24, 2.45) is 0 Å². The van der Waals surface area contributed by atoms with Crippen molar-refractivity contribution in [1.82, 2.24) is 0 Å². The third-order valence-electron chi connectivity index (χ3n) is 2.51. The number of carboxylic acid groups (broad SMARTS) is 1. The van der Waals surface area contributed by atoms with Gasteiger partial charge >= 0.3 is 5.97 Å². The first-order chi connectivity index (χ1) is 9.88. The lowest BCUT2D eigenvalue weighted by atomic mass is 10.2. The maximum absolute atomic E-state index is 12.1. The van der Waals surface area contributed by atoms with Crippen LogP contribution in [-0.2, 0) is 0 Å². The summed E-state index contributed by atoms with van der Waals surface area (Å²) in [7, 11) is 0. The topological polar surface area (TPSA) is 66.4 Å². The molecule has 2 rings (SSSR count). The first-order valence-corrected chi connectivity index (χ1v) is 7.94. The van der Waals surface area contributed by atoms with Crippen molar-refractivity contribution in [1.29, 1.82) is 0 Å². The summed E-state index contributed by atoms with van der Waals surface area (Å²) in [5.74, 6) is -1.61. The quantitative estimate of drug-likeness (QED) is 0.385. The summed E-state index contributed by atoms with van der Waals surface area (Å²) < 4.78 is 7.20. The van der Waals surface area contributed by atoms with Gasteiger partial charge in [-0.2, -0.15) is 0 Å². The number of esters is 1. The van der Waals surface area contributed by atoms with E-state index in [-0.39, 0.29) is 11.3 Å². The van der Waals surface area contributed by atoms with Gasteiger partial charge < -0.3 is 14.6 Å². The Kier molecular flexibility index (Phi) is 5.18. The molecule has 0 aliphatic rings. The van der Waals surface area contributed by atoms with Gasteiger partial charge in [-0.1, -0.05) is 15.9 Å². The number of hydrogen-bond donors (Lipinski definition) is 0. The highest BCUT2D eigenvalue weighted by atomic mass is 79.9. The molecule has 0 saturated heterocycles. The van der Waals surface area contributed by atoms with Crippen LogP contribution in [-0.4, -0.2) is 11.9 Å². The number of rotatable bonds is 3. The Morgan fingerprint density at radius 3 is 2.19 bits per heavy atom. The summed E-state index contributed by atoms with van der Waals surface area (Å²) in [5.41, 5.74) is 0.349. The third kappa shape index (κ3) is 3.93. The number of aromatic carboxylic acids is 1. The molecule has 0 aliphatic carbocycles. The molecular formula is C14H6Br3O4-. The highest BCUT2D eigenvalue weighted by molar-refractivity contribution is 9.13. The number of halogens is 3. The van der Waals surface area contributed by atoms with Crippen LogP contribution in [0.5, 0.6) is 5.75 Å². The van der Waals surface area contributed by atoms with Crippen LogP contribution < -0.4 is 9.84 Å². The first-order valence-electron chi connectivity index (χ1n) is 5.56. The van der Waals surface area contributed by atoms with E-state index in [4.69, 9.17) is 4.74 Å². The van der Waals surface area contributed by atoms with Gasteiger partial charge in [0.15, 0.2) is 0 Å². The lowest BCUT2D eigenvalue weighted by Crippen LogP contribution is -2.22. The van der Waals surface area contributed by atoms with E-state index in [1.165, 1.54) is 24.3 Å². The van der Waals surface area contributed by atoms with E-state index in [0.717, 1.165) is 4.47 Å². The van der Waals surface area contributed by atoms with Crippen LogP contribution in [0, 0.1) is 0 Å². The Morgan fingerprint density at radius 2 is 1.62 bits per heavy atom. The van der Waals surface area contributed by atoms with Crippen molar-refractivity contribution in [3.63, 3.8) is 0 Å². The zero-order chi connectivity index (χ0) is 15.6. The Bertz CT molecular complexity index is 711. The first kappa shape index (κ1) is 16.2. The second kappa shape index (κ2) is 6.72. The van der Waals surface area contributed by atoms with E-state index in [2.05, 4.69) is 47.8 Å². The van der Waals surface area contributed by atoms with Crippen LogP contribution in [0.1, 0.15) is 20.7 Å². The Balaban J connectivity index is 2.24. The Morgan fingerprint density at radius 1 is 1.00 bits per heavy atom. The highest BCUT2D eigenvalue weighted by Crippen LogP contribution is 2.31. The number of benzene rings is 2. The zero-order valence-corrected chi connectivity index (χ0v) is 15.0. The van der Waals surface area contributed by atoms with E-state index in [1.807, 2.05) is 0 Å². The largest absolute Gasteiger partial charge is 0.545 e. The minimum absolute atomic E-state index is 0.0150. The lowest BCUT2D eigenvalue weighted by Gasteiger charge is -2.09. The number of hydrogen-bond acceptors (Lipinski definition) is 4. The average Bonchev–Trinajstić information content (AvgIpc) is 2.43. The number of carboxylic acids is 1. The Hall–Kier alpha value is -1.18. The highest BCUT2D eigenvalue weighted by Gasteiger charge is 2.16. The molecule has 2 aromatic rings. The van der Waals surface area contributed by atoms with Crippen LogP contribution in [0.25, 0.3) is 0 Å². The van der Waals surface area contributed by atoms with Crippen LogP contribution in [0.3, 0.4) is 0 Å². The second-order valence-corrected chi connectivity index (χ2v) is 6.51. The summed E-state index contributed by atoms with van der Waals surface area (Å²) in [4.78, 5) is 22.8. The molecule has 0 aromatic heterocycles. The monoisotopic (exact) mass is 475 g/mol. The molecule has 7 heteroatoms. The van der Waals surface area contributed by atoms with Gasteiger partial charge in [-0.25, -0.2) is 4.79 Å². The molecule has 0 amide bonds. The minimum Gasteiger partial charge on any atom is -0.545 e. The number of carbonyl (C=O) groups excluding carboxylic acids is 2. The molecule has 21 heavy (non-hydrogen) atoms. The van der Waals surface area contributed by atoms with E-state index in [1.54, 1.807) is 12.1 Å². The van der Waals surface area contributed by atoms with Crippen molar-refractivity contribution >= 4 is 59.7 Å². The van der Waals surface area contributed by atoms with Crippen LogP contribution >= 0.6 is 47.8 Å². The van der Waals surface area contributed by atoms with Crippen molar-refractivity contribution in [3.05, 3.63) is 60.9 Å². The molecule has 0 spiro atoms. The second-order valence-electron chi connectivity index (χ2n) is 3.95. The van der Waals surface area contributed by atoms with Crippen molar-refractivity contribution in [3.8, 4) is 5.75 Å². The maximum Gasteiger partial charge on any atom is 0.344 e. The van der Waals surface area contributed by atoms with Crippen molar-refractivity contribution < 1.29 is 19.4 Å². The molecule has 0 bridgehead atoms. The van der Waals surface area contributed by atoms with Crippen molar-refractivity contribution in [2.45, 2.75) is 0 Å². The predicted octanol–water partition coefficient (Wildman–Crippen LogP) is 3.56. The van der Waals surface area contributed by atoms with E-state index >= 15 is 0 Å². The summed E-state index contributed by atoms with van der Waals surface area (Å²) in [6.45, 7) is 0. The maximum atomic E-state index is 12.1. The molecule has 2 aromatic carbocycles. The predicted molar refractivity (Wildman–Crippen MR) is 85.3 cm³/mol. The molecule has 0 heterocycles. The van der Waals surface area contributed by atoms with Gasteiger partial charge in [-0.3, -0.25) is 0 Å². The van der Waals surface area contributed by atoms with Gasteiger partial charge in [0.25, 0.3) is 0 Å². The minimum atomic E-state index is -1.29. The summed E-state index contributed by atoms with van der Waals surface area (Å²) in [6.07, 6.45) is 0. The standard InChI is InChI=1S/C14H7Br3O4/c15-8-5-10(12(17)11(16)6-8)14(20)21-9-3-1-7(2-4-9)13(18)19/h1-6H,(H,18,19)/p-1. The summed E-state index contributed by atoms with van der Waals surface area (Å²) in [6, 6.07) is 8.81. The van der Waals surface area contributed by atoms with Gasteiger partial charge in [-0.05, 0) is 73.8 Å². The molecule has 0 radical (unpaired) electrons. The van der Waals surface area contributed by atoms with Gasteiger partial charge in [0, 0.05) is 13.4 Å². The van der Waals surface area contributed by atoms with Crippen LogP contribution in [0.4, 0.5) is 0 Å². The molecular weight excluding hydrogens is 472 g/mol. The fraction of sp³-hybridized carbons (Fsp3) is 0. The zero-order valence-electron chi connectivity index (χ0n) is 10.2. The molecule has 0 unspecified atom stereocenters. The molecule has 0 atom stereocenters. The van der Waals surface area contributed by atoms with Crippen LogP contribution in [0.15, 0.2) is 49.8 Å². The molecule has 0 N–H and O–H groups in total. The molecule has 108 valence electrons. The summed E-state index contributed by atoms with van der Waals surface area (Å²) in [5, 5.41) is 10.6. The molecule has 0 saturated carbocycles. The van der Waals surface area contributed by atoms with Gasteiger partial charge in [0.2, 0.25) is 0 Å². The number of carbonyl (C=O) groups is 2. The third-order valence-corrected chi connectivity index (χ3v) is 4.98. The van der Waals surface area contributed by atoms with E-state index in [0.29, 0.717) is 14.5 Å². The Labute approximate surface area is 145 Å².